The summed E-state index contributed by atoms with van der Waals surface area (Å²) < 4.78 is 36.8. The Bertz CT molecular complexity index is 988. The van der Waals surface area contributed by atoms with E-state index in [1.165, 1.54) is 18.6 Å². The Labute approximate surface area is 139 Å². The highest BCUT2D eigenvalue weighted by molar-refractivity contribution is 7.90. The molecular formula is C17H16FN3O2S. The first-order chi connectivity index (χ1) is 11.4. The van der Waals surface area contributed by atoms with Crippen molar-refractivity contribution >= 4 is 26.6 Å². The molecule has 0 aliphatic heterocycles. The Morgan fingerprint density at radius 1 is 1.08 bits per heavy atom. The number of fused-ring (bicyclic) bond motifs is 1. The fourth-order valence-corrected chi connectivity index (χ4v) is 3.09. The lowest BCUT2D eigenvalue weighted by atomic mass is 10.1. The number of benzene rings is 2. The quantitative estimate of drug-likeness (QED) is 0.785. The second kappa shape index (κ2) is 6.16. The molecule has 24 heavy (non-hydrogen) atoms. The van der Waals surface area contributed by atoms with Gasteiger partial charge >= 0.3 is 0 Å². The zero-order valence-electron chi connectivity index (χ0n) is 13.2. The largest absolute Gasteiger partial charge is 0.363 e. The number of aromatic nitrogens is 2. The molecule has 3 aromatic rings. The van der Waals surface area contributed by atoms with Crippen LogP contribution in [0.1, 0.15) is 18.5 Å². The van der Waals surface area contributed by atoms with Gasteiger partial charge in [0.15, 0.2) is 9.84 Å². The lowest BCUT2D eigenvalue weighted by Crippen LogP contribution is -2.09. The van der Waals surface area contributed by atoms with Crippen molar-refractivity contribution < 1.29 is 12.8 Å². The van der Waals surface area contributed by atoms with Crippen LogP contribution in [0.15, 0.2) is 53.7 Å². The molecular weight excluding hydrogens is 329 g/mol. The number of halogens is 1. The number of sulfone groups is 1. The first-order valence-corrected chi connectivity index (χ1v) is 9.21. The van der Waals surface area contributed by atoms with E-state index in [-0.39, 0.29) is 16.5 Å². The molecule has 0 amide bonds. The number of nitrogens with zero attached hydrogens (tertiary/aromatic N) is 2. The Hall–Kier alpha value is -2.54. The lowest BCUT2D eigenvalue weighted by Gasteiger charge is -2.16. The summed E-state index contributed by atoms with van der Waals surface area (Å²) in [6.07, 6.45) is 2.48. The summed E-state index contributed by atoms with van der Waals surface area (Å²) in [6, 6.07) is 11.2. The zero-order valence-corrected chi connectivity index (χ0v) is 14.0. The van der Waals surface area contributed by atoms with E-state index < -0.39 is 15.7 Å². The molecule has 1 aromatic heterocycles. The molecule has 0 spiro atoms. The zero-order chi connectivity index (χ0) is 17.3. The van der Waals surface area contributed by atoms with E-state index in [4.69, 9.17) is 0 Å². The van der Waals surface area contributed by atoms with Crippen molar-refractivity contribution in [2.75, 3.05) is 11.6 Å². The third-order valence-electron chi connectivity index (χ3n) is 3.78. The first-order valence-electron chi connectivity index (χ1n) is 7.32. The molecule has 2 aromatic carbocycles. The van der Waals surface area contributed by atoms with Crippen molar-refractivity contribution in [3.05, 3.63) is 60.2 Å². The topological polar surface area (TPSA) is 72.0 Å². The van der Waals surface area contributed by atoms with Crippen molar-refractivity contribution in [3.63, 3.8) is 0 Å². The molecule has 0 fully saturated rings. The standard InChI is InChI=1S/C17H16FN3O2S/c1-11(12-6-8-13(9-7-12)24(2,22)23)21-17-14-4-3-5-15(18)16(14)19-10-20-17/h3-11H,1-2H3,(H,19,20,21)/t11-/m1/s1. The Morgan fingerprint density at radius 3 is 2.46 bits per heavy atom. The van der Waals surface area contributed by atoms with Crippen LogP contribution in [-0.4, -0.2) is 24.6 Å². The molecule has 0 aliphatic carbocycles. The van der Waals surface area contributed by atoms with Gasteiger partial charge in [-0.2, -0.15) is 0 Å². The highest BCUT2D eigenvalue weighted by Gasteiger charge is 2.12. The predicted octanol–water partition coefficient (Wildman–Crippen LogP) is 3.35. The van der Waals surface area contributed by atoms with Crippen molar-refractivity contribution in [1.29, 1.82) is 0 Å². The number of rotatable bonds is 4. The summed E-state index contributed by atoms with van der Waals surface area (Å²) in [6.45, 7) is 1.92. The van der Waals surface area contributed by atoms with Crippen LogP contribution >= 0.6 is 0 Å². The van der Waals surface area contributed by atoms with Crippen molar-refractivity contribution in [3.8, 4) is 0 Å². The highest BCUT2D eigenvalue weighted by atomic mass is 32.2. The van der Waals surface area contributed by atoms with E-state index in [1.54, 1.807) is 36.4 Å². The van der Waals surface area contributed by atoms with Gasteiger partial charge in [0.05, 0.1) is 4.90 Å². The van der Waals surface area contributed by atoms with E-state index in [2.05, 4.69) is 15.3 Å². The van der Waals surface area contributed by atoms with Gasteiger partial charge in [-0.3, -0.25) is 0 Å². The van der Waals surface area contributed by atoms with Crippen LogP contribution in [0.3, 0.4) is 0 Å². The molecule has 0 saturated heterocycles. The van der Waals surface area contributed by atoms with Crippen LogP contribution in [0.4, 0.5) is 10.2 Å². The summed E-state index contributed by atoms with van der Waals surface area (Å²) in [5.74, 6) is 0.127. The minimum absolute atomic E-state index is 0.139. The van der Waals surface area contributed by atoms with Gasteiger partial charge < -0.3 is 5.32 Å². The molecule has 1 heterocycles. The van der Waals surface area contributed by atoms with Gasteiger partial charge in [0.1, 0.15) is 23.5 Å². The van der Waals surface area contributed by atoms with E-state index in [9.17, 15) is 12.8 Å². The maximum atomic E-state index is 13.8. The molecule has 0 unspecified atom stereocenters. The summed E-state index contributed by atoms with van der Waals surface area (Å²) in [5.41, 5.74) is 1.15. The summed E-state index contributed by atoms with van der Waals surface area (Å²) >= 11 is 0. The van der Waals surface area contributed by atoms with Crippen LogP contribution in [0.5, 0.6) is 0 Å². The van der Waals surface area contributed by atoms with Gasteiger partial charge in [-0.15, -0.1) is 0 Å². The van der Waals surface area contributed by atoms with E-state index >= 15 is 0 Å². The second-order valence-electron chi connectivity index (χ2n) is 5.57. The number of nitrogens with one attached hydrogen (secondary N) is 1. The van der Waals surface area contributed by atoms with E-state index in [0.29, 0.717) is 11.2 Å². The monoisotopic (exact) mass is 345 g/mol. The van der Waals surface area contributed by atoms with Gasteiger partial charge in [-0.05, 0) is 36.8 Å². The number of hydrogen-bond acceptors (Lipinski definition) is 5. The molecule has 0 radical (unpaired) electrons. The van der Waals surface area contributed by atoms with Crippen LogP contribution in [-0.2, 0) is 9.84 Å². The number of anilines is 1. The normalized spacial score (nSPS) is 13.0. The third-order valence-corrected chi connectivity index (χ3v) is 4.91. The molecule has 0 saturated carbocycles. The summed E-state index contributed by atoms with van der Waals surface area (Å²) in [5, 5.41) is 3.81. The van der Waals surface area contributed by atoms with Crippen molar-refractivity contribution in [1.82, 2.24) is 9.97 Å². The first kappa shape index (κ1) is 16.3. The van der Waals surface area contributed by atoms with Gasteiger partial charge in [0, 0.05) is 17.7 Å². The maximum Gasteiger partial charge on any atom is 0.175 e. The summed E-state index contributed by atoms with van der Waals surface area (Å²) in [4.78, 5) is 8.42. The van der Waals surface area contributed by atoms with Crippen LogP contribution in [0.2, 0.25) is 0 Å². The van der Waals surface area contributed by atoms with Crippen LogP contribution < -0.4 is 5.32 Å². The van der Waals surface area contributed by atoms with Gasteiger partial charge in [-0.1, -0.05) is 18.2 Å². The predicted molar refractivity (Wildman–Crippen MR) is 91.1 cm³/mol. The summed E-state index contributed by atoms with van der Waals surface area (Å²) in [7, 11) is -3.22. The Balaban J connectivity index is 1.90. The fraction of sp³-hybridized carbons (Fsp3) is 0.176. The maximum absolute atomic E-state index is 13.8. The third kappa shape index (κ3) is 3.21. The fourth-order valence-electron chi connectivity index (χ4n) is 2.46. The lowest BCUT2D eigenvalue weighted by molar-refractivity contribution is 0.602. The smallest absolute Gasteiger partial charge is 0.175 e. The second-order valence-corrected chi connectivity index (χ2v) is 7.58. The molecule has 0 aliphatic rings. The van der Waals surface area contributed by atoms with Gasteiger partial charge in [0.25, 0.3) is 0 Å². The molecule has 1 atom stereocenters. The molecule has 5 nitrogen and oxygen atoms in total. The van der Waals surface area contributed by atoms with E-state index in [1.807, 2.05) is 6.92 Å². The Kier molecular flexibility index (Phi) is 4.19. The SMILES string of the molecule is C[C@@H](Nc1ncnc2c(F)cccc12)c1ccc(S(C)(=O)=O)cc1. The molecule has 124 valence electrons. The highest BCUT2D eigenvalue weighted by Crippen LogP contribution is 2.25. The minimum atomic E-state index is -3.22. The average Bonchev–Trinajstić information content (AvgIpc) is 2.55. The van der Waals surface area contributed by atoms with Gasteiger partial charge in [0.2, 0.25) is 0 Å². The van der Waals surface area contributed by atoms with Crippen molar-refractivity contribution in [2.45, 2.75) is 17.9 Å². The van der Waals surface area contributed by atoms with Crippen LogP contribution in [0, 0.1) is 5.82 Å². The molecule has 1 N–H and O–H groups in total. The molecule has 0 bridgehead atoms. The van der Waals surface area contributed by atoms with Crippen LogP contribution in [0.25, 0.3) is 10.9 Å². The average molecular weight is 345 g/mol. The van der Waals surface area contributed by atoms with Crippen molar-refractivity contribution in [2.24, 2.45) is 0 Å². The number of hydrogen-bond donors (Lipinski definition) is 1. The van der Waals surface area contributed by atoms with E-state index in [0.717, 1.165) is 5.56 Å². The minimum Gasteiger partial charge on any atom is -0.363 e. The molecule has 7 heteroatoms. The molecule has 3 rings (SSSR count). The number of para-hydroxylation sites is 1. The Morgan fingerprint density at radius 2 is 1.79 bits per heavy atom. The van der Waals surface area contributed by atoms with Gasteiger partial charge in [-0.25, -0.2) is 22.8 Å².